The first-order valence-electron chi connectivity index (χ1n) is 8.20. The van der Waals surface area contributed by atoms with Crippen LogP contribution < -0.4 is 0 Å². The number of carbonyl (C=O) groups is 2. The fourth-order valence-electron chi connectivity index (χ4n) is 3.60. The highest BCUT2D eigenvalue weighted by molar-refractivity contribution is 5.88. The third-order valence-electron chi connectivity index (χ3n) is 4.50. The molecule has 0 saturated heterocycles. The zero-order chi connectivity index (χ0) is 16.8. The lowest BCUT2D eigenvalue weighted by Crippen LogP contribution is -2.50. The SMILES string of the molecule is CCOC(=O)C(C(C)C)C(C#N)(C(=O)OCC)C1CCCC1. The van der Waals surface area contributed by atoms with E-state index in [-0.39, 0.29) is 25.0 Å². The fourth-order valence-corrected chi connectivity index (χ4v) is 3.60. The molecule has 0 aliphatic heterocycles. The second-order valence-electron chi connectivity index (χ2n) is 6.16. The van der Waals surface area contributed by atoms with Gasteiger partial charge >= 0.3 is 11.9 Å². The van der Waals surface area contributed by atoms with Gasteiger partial charge in [-0.3, -0.25) is 9.59 Å². The van der Waals surface area contributed by atoms with Crippen molar-refractivity contribution in [1.29, 1.82) is 5.26 Å². The van der Waals surface area contributed by atoms with E-state index in [1.165, 1.54) is 0 Å². The molecule has 0 aromatic heterocycles. The molecule has 0 spiro atoms. The molecule has 5 heteroatoms. The van der Waals surface area contributed by atoms with E-state index in [1.807, 2.05) is 13.8 Å². The number of hydrogen-bond donors (Lipinski definition) is 0. The third-order valence-corrected chi connectivity index (χ3v) is 4.50. The predicted molar refractivity (Wildman–Crippen MR) is 81.6 cm³/mol. The molecule has 2 unspecified atom stereocenters. The quantitative estimate of drug-likeness (QED) is 0.675. The molecule has 0 aromatic rings. The molecule has 1 fully saturated rings. The molecule has 0 aromatic carbocycles. The van der Waals surface area contributed by atoms with Crippen LogP contribution in [-0.4, -0.2) is 25.2 Å². The Hall–Kier alpha value is -1.57. The summed E-state index contributed by atoms with van der Waals surface area (Å²) in [4.78, 5) is 25.2. The second kappa shape index (κ2) is 8.17. The van der Waals surface area contributed by atoms with Crippen LogP contribution in [0.2, 0.25) is 0 Å². The van der Waals surface area contributed by atoms with Crippen molar-refractivity contribution in [2.45, 2.75) is 53.4 Å². The van der Waals surface area contributed by atoms with Crippen LogP contribution in [-0.2, 0) is 19.1 Å². The number of ether oxygens (including phenoxy) is 2. The Labute approximate surface area is 133 Å². The first-order valence-corrected chi connectivity index (χ1v) is 8.20. The van der Waals surface area contributed by atoms with E-state index in [1.54, 1.807) is 13.8 Å². The molecular weight excluding hydrogens is 282 g/mol. The summed E-state index contributed by atoms with van der Waals surface area (Å²) in [6.07, 6.45) is 3.49. The van der Waals surface area contributed by atoms with E-state index in [9.17, 15) is 14.9 Å². The van der Waals surface area contributed by atoms with Crippen LogP contribution >= 0.6 is 0 Å². The lowest BCUT2D eigenvalue weighted by Gasteiger charge is -2.37. The summed E-state index contributed by atoms with van der Waals surface area (Å²) >= 11 is 0. The minimum Gasteiger partial charge on any atom is -0.466 e. The van der Waals surface area contributed by atoms with Gasteiger partial charge in [-0.05, 0) is 38.5 Å². The molecule has 1 rings (SSSR count). The van der Waals surface area contributed by atoms with Crippen molar-refractivity contribution in [2.75, 3.05) is 13.2 Å². The number of carbonyl (C=O) groups excluding carboxylic acids is 2. The van der Waals surface area contributed by atoms with Crippen molar-refractivity contribution in [3.63, 3.8) is 0 Å². The van der Waals surface area contributed by atoms with Crippen LogP contribution in [0, 0.1) is 34.5 Å². The molecule has 1 aliphatic rings. The highest BCUT2D eigenvalue weighted by Crippen LogP contribution is 2.48. The smallest absolute Gasteiger partial charge is 0.327 e. The topological polar surface area (TPSA) is 76.4 Å². The van der Waals surface area contributed by atoms with Gasteiger partial charge in [0.1, 0.15) is 0 Å². The van der Waals surface area contributed by atoms with Gasteiger partial charge in [0.2, 0.25) is 0 Å². The lowest BCUT2D eigenvalue weighted by atomic mass is 9.63. The van der Waals surface area contributed by atoms with Crippen molar-refractivity contribution in [2.24, 2.45) is 23.2 Å². The number of nitriles is 1. The van der Waals surface area contributed by atoms with Gasteiger partial charge < -0.3 is 9.47 Å². The van der Waals surface area contributed by atoms with E-state index in [0.717, 1.165) is 25.7 Å². The Morgan fingerprint density at radius 2 is 1.73 bits per heavy atom. The van der Waals surface area contributed by atoms with Crippen molar-refractivity contribution in [3.8, 4) is 6.07 Å². The third kappa shape index (κ3) is 3.43. The van der Waals surface area contributed by atoms with Gasteiger partial charge in [0.25, 0.3) is 0 Å². The number of hydrogen-bond acceptors (Lipinski definition) is 5. The summed E-state index contributed by atoms with van der Waals surface area (Å²) in [5.74, 6) is -2.16. The molecule has 1 saturated carbocycles. The van der Waals surface area contributed by atoms with Gasteiger partial charge in [-0.15, -0.1) is 0 Å². The van der Waals surface area contributed by atoms with E-state index >= 15 is 0 Å². The molecular formula is C17H27NO4. The Kier molecular flexibility index (Phi) is 6.86. The Bertz CT molecular complexity index is 434. The minimum absolute atomic E-state index is 0.145. The molecule has 2 atom stereocenters. The number of esters is 2. The highest BCUT2D eigenvalue weighted by Gasteiger charge is 2.58. The predicted octanol–water partition coefficient (Wildman–Crippen LogP) is 3.08. The molecule has 22 heavy (non-hydrogen) atoms. The summed E-state index contributed by atoms with van der Waals surface area (Å²) in [7, 11) is 0. The standard InChI is InChI=1S/C17H27NO4/c1-5-21-15(19)14(12(3)4)17(11-18,16(20)22-6-2)13-9-7-8-10-13/h12-14H,5-10H2,1-4H3. The van der Waals surface area contributed by atoms with E-state index in [2.05, 4.69) is 6.07 Å². The summed E-state index contributed by atoms with van der Waals surface area (Å²) in [5, 5.41) is 9.91. The molecule has 0 N–H and O–H groups in total. The van der Waals surface area contributed by atoms with Gasteiger partial charge in [-0.1, -0.05) is 26.7 Å². The zero-order valence-corrected chi connectivity index (χ0v) is 14.1. The van der Waals surface area contributed by atoms with Crippen molar-refractivity contribution < 1.29 is 19.1 Å². The summed E-state index contributed by atoms with van der Waals surface area (Å²) in [5.41, 5.74) is -1.44. The summed E-state index contributed by atoms with van der Waals surface area (Å²) < 4.78 is 10.4. The van der Waals surface area contributed by atoms with Gasteiger partial charge in [0.05, 0.1) is 25.2 Å². The lowest BCUT2D eigenvalue weighted by molar-refractivity contribution is -0.171. The average molecular weight is 309 g/mol. The number of nitrogens with zero attached hydrogens (tertiary/aromatic N) is 1. The molecule has 0 heterocycles. The normalized spacial score (nSPS) is 19.3. The Morgan fingerprint density at radius 3 is 2.14 bits per heavy atom. The van der Waals surface area contributed by atoms with Crippen LogP contribution in [0.25, 0.3) is 0 Å². The largest absolute Gasteiger partial charge is 0.466 e. The number of rotatable bonds is 7. The second-order valence-corrected chi connectivity index (χ2v) is 6.16. The minimum atomic E-state index is -1.44. The molecule has 124 valence electrons. The summed E-state index contributed by atoms with van der Waals surface area (Å²) in [6.45, 7) is 7.57. The summed E-state index contributed by atoms with van der Waals surface area (Å²) in [6, 6.07) is 2.19. The first-order chi connectivity index (χ1) is 10.4. The highest BCUT2D eigenvalue weighted by atomic mass is 16.5. The molecule has 5 nitrogen and oxygen atoms in total. The van der Waals surface area contributed by atoms with Gasteiger partial charge in [-0.25, -0.2) is 0 Å². The van der Waals surface area contributed by atoms with Crippen LogP contribution in [0.3, 0.4) is 0 Å². The van der Waals surface area contributed by atoms with E-state index < -0.39 is 23.3 Å². The van der Waals surface area contributed by atoms with Crippen LogP contribution in [0.1, 0.15) is 53.4 Å². The zero-order valence-electron chi connectivity index (χ0n) is 14.1. The molecule has 0 radical (unpaired) electrons. The monoisotopic (exact) mass is 309 g/mol. The fraction of sp³-hybridized carbons (Fsp3) is 0.824. The molecule has 0 bridgehead atoms. The maximum Gasteiger partial charge on any atom is 0.327 e. The Morgan fingerprint density at radius 1 is 1.18 bits per heavy atom. The van der Waals surface area contributed by atoms with Gasteiger partial charge in [0.15, 0.2) is 5.41 Å². The average Bonchev–Trinajstić information content (AvgIpc) is 2.98. The van der Waals surface area contributed by atoms with Crippen LogP contribution in [0.5, 0.6) is 0 Å². The van der Waals surface area contributed by atoms with Crippen LogP contribution in [0.15, 0.2) is 0 Å². The van der Waals surface area contributed by atoms with Gasteiger partial charge in [-0.2, -0.15) is 5.26 Å². The molecule has 1 aliphatic carbocycles. The van der Waals surface area contributed by atoms with Crippen LogP contribution in [0.4, 0.5) is 0 Å². The van der Waals surface area contributed by atoms with E-state index in [0.29, 0.717) is 0 Å². The maximum absolute atomic E-state index is 12.7. The Balaban J connectivity index is 3.34. The van der Waals surface area contributed by atoms with Gasteiger partial charge in [0, 0.05) is 0 Å². The molecule has 0 amide bonds. The maximum atomic E-state index is 12.7. The van der Waals surface area contributed by atoms with Crippen molar-refractivity contribution in [1.82, 2.24) is 0 Å². The van der Waals surface area contributed by atoms with Crippen molar-refractivity contribution in [3.05, 3.63) is 0 Å². The van der Waals surface area contributed by atoms with Crippen molar-refractivity contribution >= 4 is 11.9 Å². The van der Waals surface area contributed by atoms with E-state index in [4.69, 9.17) is 9.47 Å². The first kappa shape index (κ1) is 18.5.